The summed E-state index contributed by atoms with van der Waals surface area (Å²) in [5.74, 6) is 0. The average molecular weight is 224 g/mol. The number of likely N-dealkylation sites (tertiary alicyclic amines) is 1. The first-order valence-electron chi connectivity index (χ1n) is 5.65. The third-order valence-corrected chi connectivity index (χ3v) is 2.89. The van der Waals surface area contributed by atoms with Gasteiger partial charge in [0, 0.05) is 6.54 Å². The van der Waals surface area contributed by atoms with Gasteiger partial charge < -0.3 is 4.90 Å². The minimum absolute atomic E-state index is 0.0705. The fourth-order valence-corrected chi connectivity index (χ4v) is 2.03. The Balaban J connectivity index is 1.74. The van der Waals surface area contributed by atoms with Crippen LogP contribution in [0, 0.1) is 10.1 Å². The summed E-state index contributed by atoms with van der Waals surface area (Å²) in [6.45, 7) is 4.20. The van der Waals surface area contributed by atoms with Crippen molar-refractivity contribution in [3.63, 3.8) is 0 Å². The monoisotopic (exact) mass is 224 g/mol. The molecule has 1 fully saturated rings. The van der Waals surface area contributed by atoms with E-state index < -0.39 is 4.92 Å². The third kappa shape index (κ3) is 2.79. The molecule has 0 aromatic carbocycles. The van der Waals surface area contributed by atoms with E-state index in [0.29, 0.717) is 0 Å². The molecule has 0 saturated carbocycles. The summed E-state index contributed by atoms with van der Waals surface area (Å²) in [7, 11) is 0. The van der Waals surface area contributed by atoms with Gasteiger partial charge in [0.1, 0.15) is 12.4 Å². The van der Waals surface area contributed by atoms with Crippen molar-refractivity contribution in [2.75, 3.05) is 19.6 Å². The fourth-order valence-electron chi connectivity index (χ4n) is 2.03. The second-order valence-corrected chi connectivity index (χ2v) is 4.12. The maximum Gasteiger partial charge on any atom is 0.306 e. The molecule has 6 heteroatoms. The normalized spacial score (nSPS) is 16.8. The van der Waals surface area contributed by atoms with Crippen molar-refractivity contribution in [2.45, 2.75) is 25.8 Å². The number of hydrogen-bond donors (Lipinski definition) is 0. The van der Waals surface area contributed by atoms with Gasteiger partial charge in [-0.2, -0.15) is 5.10 Å². The molecule has 1 aliphatic heterocycles. The molecular weight excluding hydrogens is 208 g/mol. The molecule has 0 amide bonds. The van der Waals surface area contributed by atoms with E-state index in [1.165, 1.54) is 38.3 Å². The van der Waals surface area contributed by atoms with Crippen LogP contribution in [-0.4, -0.2) is 39.2 Å². The van der Waals surface area contributed by atoms with Crippen LogP contribution in [-0.2, 0) is 6.54 Å². The lowest BCUT2D eigenvalue weighted by atomic mass is 10.4. The van der Waals surface area contributed by atoms with Crippen molar-refractivity contribution in [1.29, 1.82) is 0 Å². The van der Waals surface area contributed by atoms with Crippen molar-refractivity contribution < 1.29 is 4.92 Å². The zero-order chi connectivity index (χ0) is 11.4. The van der Waals surface area contributed by atoms with Crippen LogP contribution >= 0.6 is 0 Å². The van der Waals surface area contributed by atoms with Crippen LogP contribution in [0.1, 0.15) is 19.3 Å². The van der Waals surface area contributed by atoms with Crippen LogP contribution in [0.25, 0.3) is 0 Å². The highest BCUT2D eigenvalue weighted by molar-refractivity contribution is 5.20. The zero-order valence-corrected chi connectivity index (χ0v) is 9.21. The second-order valence-electron chi connectivity index (χ2n) is 4.12. The molecule has 16 heavy (non-hydrogen) atoms. The van der Waals surface area contributed by atoms with Crippen LogP contribution in [0.4, 0.5) is 5.69 Å². The number of hydrogen-bond acceptors (Lipinski definition) is 4. The Labute approximate surface area is 94.0 Å². The largest absolute Gasteiger partial charge is 0.306 e. The summed E-state index contributed by atoms with van der Waals surface area (Å²) in [6, 6.07) is 0. The molecular formula is C10H16N4O2. The minimum Gasteiger partial charge on any atom is -0.303 e. The first-order chi connectivity index (χ1) is 7.75. The SMILES string of the molecule is O=[N+]([O-])c1cnn(CCCN2CCCC2)c1. The summed E-state index contributed by atoms with van der Waals surface area (Å²) >= 11 is 0. The Morgan fingerprint density at radius 1 is 1.38 bits per heavy atom. The van der Waals surface area contributed by atoms with E-state index >= 15 is 0 Å². The van der Waals surface area contributed by atoms with E-state index in [1.54, 1.807) is 4.68 Å². The van der Waals surface area contributed by atoms with E-state index in [1.807, 2.05) is 0 Å². The maximum atomic E-state index is 10.4. The molecule has 0 aliphatic carbocycles. The molecule has 1 aromatic heterocycles. The predicted molar refractivity (Wildman–Crippen MR) is 59.2 cm³/mol. The number of nitro groups is 1. The summed E-state index contributed by atoms with van der Waals surface area (Å²) in [4.78, 5) is 12.5. The lowest BCUT2D eigenvalue weighted by Gasteiger charge is -2.13. The molecule has 0 unspecified atom stereocenters. The van der Waals surface area contributed by atoms with Crippen molar-refractivity contribution in [1.82, 2.24) is 14.7 Å². The highest BCUT2D eigenvalue weighted by Crippen LogP contribution is 2.10. The number of rotatable bonds is 5. The van der Waals surface area contributed by atoms with Gasteiger partial charge in [-0.15, -0.1) is 0 Å². The van der Waals surface area contributed by atoms with Gasteiger partial charge in [0.15, 0.2) is 0 Å². The molecule has 1 saturated heterocycles. The van der Waals surface area contributed by atoms with Gasteiger partial charge in [0.05, 0.1) is 4.92 Å². The highest BCUT2D eigenvalue weighted by atomic mass is 16.6. The van der Waals surface area contributed by atoms with Crippen LogP contribution in [0.5, 0.6) is 0 Å². The summed E-state index contributed by atoms with van der Waals surface area (Å²) in [5, 5.41) is 14.4. The first-order valence-corrected chi connectivity index (χ1v) is 5.65. The third-order valence-electron chi connectivity index (χ3n) is 2.89. The lowest BCUT2D eigenvalue weighted by Crippen LogP contribution is -2.21. The van der Waals surface area contributed by atoms with E-state index in [4.69, 9.17) is 0 Å². The fraction of sp³-hybridized carbons (Fsp3) is 0.700. The van der Waals surface area contributed by atoms with Gasteiger partial charge in [-0.1, -0.05) is 0 Å². The van der Waals surface area contributed by atoms with Crippen molar-refractivity contribution in [2.24, 2.45) is 0 Å². The number of nitrogens with zero attached hydrogens (tertiary/aromatic N) is 4. The summed E-state index contributed by atoms with van der Waals surface area (Å²) in [6.07, 6.45) is 6.39. The molecule has 88 valence electrons. The summed E-state index contributed by atoms with van der Waals surface area (Å²) < 4.78 is 1.65. The van der Waals surface area contributed by atoms with Gasteiger partial charge in [0.25, 0.3) is 0 Å². The quantitative estimate of drug-likeness (QED) is 0.558. The average Bonchev–Trinajstić information content (AvgIpc) is 2.87. The standard InChI is InChI=1S/C10H16N4O2/c15-14(16)10-8-11-13(9-10)7-3-6-12-4-1-2-5-12/h8-9H,1-7H2. The Morgan fingerprint density at radius 3 is 2.75 bits per heavy atom. The molecule has 2 rings (SSSR count). The molecule has 6 nitrogen and oxygen atoms in total. The lowest BCUT2D eigenvalue weighted by molar-refractivity contribution is -0.385. The van der Waals surface area contributed by atoms with Crippen molar-refractivity contribution in [3.05, 3.63) is 22.5 Å². The van der Waals surface area contributed by atoms with Gasteiger partial charge in [-0.3, -0.25) is 14.8 Å². The number of aryl methyl sites for hydroxylation is 1. The smallest absolute Gasteiger partial charge is 0.303 e. The van der Waals surface area contributed by atoms with E-state index in [0.717, 1.165) is 19.5 Å². The van der Waals surface area contributed by atoms with Crippen molar-refractivity contribution >= 4 is 5.69 Å². The molecule has 0 atom stereocenters. The van der Waals surface area contributed by atoms with Crippen LogP contribution in [0.2, 0.25) is 0 Å². The zero-order valence-electron chi connectivity index (χ0n) is 9.21. The van der Waals surface area contributed by atoms with E-state index in [9.17, 15) is 10.1 Å². The molecule has 0 spiro atoms. The number of aromatic nitrogens is 2. The van der Waals surface area contributed by atoms with Crippen LogP contribution in [0.3, 0.4) is 0 Å². The van der Waals surface area contributed by atoms with Gasteiger partial charge in [-0.25, -0.2) is 0 Å². The highest BCUT2D eigenvalue weighted by Gasteiger charge is 2.11. The molecule has 0 N–H and O–H groups in total. The Morgan fingerprint density at radius 2 is 2.12 bits per heavy atom. The van der Waals surface area contributed by atoms with Gasteiger partial charge >= 0.3 is 5.69 Å². The molecule has 1 aromatic rings. The molecule has 2 heterocycles. The first kappa shape index (κ1) is 11.1. The Bertz CT molecular complexity index is 357. The van der Waals surface area contributed by atoms with E-state index in [2.05, 4.69) is 10.00 Å². The van der Waals surface area contributed by atoms with Gasteiger partial charge in [-0.05, 0) is 38.9 Å². The van der Waals surface area contributed by atoms with Crippen LogP contribution < -0.4 is 0 Å². The second kappa shape index (κ2) is 5.07. The predicted octanol–water partition coefficient (Wildman–Crippen LogP) is 1.28. The van der Waals surface area contributed by atoms with Crippen LogP contribution in [0.15, 0.2) is 12.4 Å². The van der Waals surface area contributed by atoms with Gasteiger partial charge in [0.2, 0.25) is 0 Å². The minimum atomic E-state index is -0.413. The van der Waals surface area contributed by atoms with Crippen molar-refractivity contribution in [3.8, 4) is 0 Å². The summed E-state index contributed by atoms with van der Waals surface area (Å²) in [5.41, 5.74) is 0.0705. The molecule has 1 aliphatic rings. The molecule has 0 radical (unpaired) electrons. The maximum absolute atomic E-state index is 10.4. The Hall–Kier alpha value is -1.43. The Kier molecular flexibility index (Phi) is 3.51. The van der Waals surface area contributed by atoms with E-state index in [-0.39, 0.29) is 5.69 Å². The topological polar surface area (TPSA) is 64.2 Å². The molecule has 0 bridgehead atoms.